The maximum Gasteiger partial charge on any atom is 0.406 e. The van der Waals surface area contributed by atoms with Gasteiger partial charge in [0.15, 0.2) is 0 Å². The maximum absolute atomic E-state index is 12.4. The number of alkyl halides is 3. The van der Waals surface area contributed by atoms with Crippen LogP contribution in [-0.2, 0) is 0 Å². The Kier molecular flexibility index (Phi) is 3.19. The number of hydrogen-bond acceptors (Lipinski definition) is 2. The molecule has 6 heteroatoms. The molecule has 0 fully saturated rings. The number of aryl methyl sites for hydroxylation is 1. The molecule has 0 saturated heterocycles. The second-order valence-electron chi connectivity index (χ2n) is 4.32. The molecule has 98 valence electrons. The van der Waals surface area contributed by atoms with Crippen molar-refractivity contribution in [1.82, 2.24) is 4.90 Å². The van der Waals surface area contributed by atoms with Gasteiger partial charge in [-0.15, -0.1) is 0 Å². The van der Waals surface area contributed by atoms with Gasteiger partial charge in [-0.1, -0.05) is 6.07 Å². The van der Waals surface area contributed by atoms with Gasteiger partial charge in [-0.05, 0) is 24.6 Å². The van der Waals surface area contributed by atoms with Crippen molar-refractivity contribution in [2.75, 3.05) is 25.0 Å². The predicted octanol–water partition coefficient (Wildman–Crippen LogP) is 2.43. The van der Waals surface area contributed by atoms with Crippen LogP contribution in [0.15, 0.2) is 18.2 Å². The number of carbonyl (C=O) groups excluding carboxylic acids is 1. The summed E-state index contributed by atoms with van der Waals surface area (Å²) in [6.07, 6.45) is -4.37. The van der Waals surface area contributed by atoms with Crippen molar-refractivity contribution < 1.29 is 18.0 Å². The second-order valence-corrected chi connectivity index (χ2v) is 4.32. The van der Waals surface area contributed by atoms with E-state index >= 15 is 0 Å². The van der Waals surface area contributed by atoms with E-state index in [1.54, 1.807) is 18.2 Å². The Bertz CT molecular complexity index is 471. The zero-order chi connectivity index (χ0) is 13.3. The van der Waals surface area contributed by atoms with Gasteiger partial charge in [-0.3, -0.25) is 4.79 Å². The molecule has 0 spiro atoms. The van der Waals surface area contributed by atoms with Crippen molar-refractivity contribution in [3.8, 4) is 0 Å². The number of rotatable bonds is 1. The lowest BCUT2D eigenvalue weighted by Crippen LogP contribution is -2.39. The molecular weight excluding hydrogens is 245 g/mol. The lowest BCUT2D eigenvalue weighted by molar-refractivity contribution is -0.140. The van der Waals surface area contributed by atoms with Crippen LogP contribution in [0.25, 0.3) is 0 Å². The number of halogens is 3. The highest BCUT2D eigenvalue weighted by molar-refractivity contribution is 6.00. The van der Waals surface area contributed by atoms with Crippen LogP contribution in [0.1, 0.15) is 15.9 Å². The fourth-order valence-corrected chi connectivity index (χ4v) is 1.96. The summed E-state index contributed by atoms with van der Waals surface area (Å²) in [5, 5.41) is 2.98. The Morgan fingerprint density at radius 3 is 2.78 bits per heavy atom. The van der Waals surface area contributed by atoms with Crippen LogP contribution >= 0.6 is 0 Å². The first-order valence-electron chi connectivity index (χ1n) is 5.57. The first-order valence-corrected chi connectivity index (χ1v) is 5.57. The molecule has 0 aromatic heterocycles. The number of amides is 1. The van der Waals surface area contributed by atoms with Crippen LogP contribution in [0.2, 0.25) is 0 Å². The van der Waals surface area contributed by atoms with E-state index in [0.29, 0.717) is 17.8 Å². The summed E-state index contributed by atoms with van der Waals surface area (Å²) in [6.45, 7) is 1.02. The molecule has 18 heavy (non-hydrogen) atoms. The minimum atomic E-state index is -4.37. The molecule has 1 aliphatic rings. The minimum Gasteiger partial charge on any atom is -0.383 e. The molecule has 0 atom stereocenters. The lowest BCUT2D eigenvalue weighted by atomic mass is 10.1. The molecular formula is C12H13F3N2O. The molecule has 0 bridgehead atoms. The first-order chi connectivity index (χ1) is 8.37. The predicted molar refractivity (Wildman–Crippen MR) is 61.6 cm³/mol. The van der Waals surface area contributed by atoms with Gasteiger partial charge in [0, 0.05) is 18.8 Å². The SMILES string of the molecule is Cc1ccc2c(c1)NCCN(CC(F)(F)F)C2=O. The summed E-state index contributed by atoms with van der Waals surface area (Å²) in [4.78, 5) is 12.8. The van der Waals surface area contributed by atoms with Gasteiger partial charge in [0.25, 0.3) is 5.91 Å². The van der Waals surface area contributed by atoms with Gasteiger partial charge < -0.3 is 10.2 Å². The van der Waals surface area contributed by atoms with E-state index < -0.39 is 18.6 Å². The molecule has 2 rings (SSSR count). The molecule has 1 N–H and O–H groups in total. The molecule has 0 aliphatic carbocycles. The van der Waals surface area contributed by atoms with Crippen molar-refractivity contribution in [1.29, 1.82) is 0 Å². The van der Waals surface area contributed by atoms with Crippen LogP contribution in [0, 0.1) is 6.92 Å². The van der Waals surface area contributed by atoms with Crippen LogP contribution in [0.5, 0.6) is 0 Å². The third-order valence-corrected chi connectivity index (χ3v) is 2.76. The fourth-order valence-electron chi connectivity index (χ4n) is 1.96. The van der Waals surface area contributed by atoms with Gasteiger partial charge in [0.2, 0.25) is 0 Å². The summed E-state index contributed by atoms with van der Waals surface area (Å²) >= 11 is 0. The largest absolute Gasteiger partial charge is 0.406 e. The van der Waals surface area contributed by atoms with E-state index in [1.165, 1.54) is 0 Å². The zero-order valence-corrected chi connectivity index (χ0v) is 9.84. The van der Waals surface area contributed by atoms with Crippen molar-refractivity contribution in [3.05, 3.63) is 29.3 Å². The number of nitrogens with one attached hydrogen (secondary N) is 1. The highest BCUT2D eigenvalue weighted by atomic mass is 19.4. The number of fused-ring (bicyclic) bond motifs is 1. The van der Waals surface area contributed by atoms with Crippen molar-refractivity contribution in [3.63, 3.8) is 0 Å². The second kappa shape index (κ2) is 4.51. The molecule has 0 radical (unpaired) electrons. The molecule has 3 nitrogen and oxygen atoms in total. The lowest BCUT2D eigenvalue weighted by Gasteiger charge is -2.21. The smallest absolute Gasteiger partial charge is 0.383 e. The van der Waals surface area contributed by atoms with Gasteiger partial charge in [-0.2, -0.15) is 13.2 Å². The van der Waals surface area contributed by atoms with Gasteiger partial charge in [0.05, 0.1) is 5.56 Å². The summed E-state index contributed by atoms with van der Waals surface area (Å²) in [7, 11) is 0. The van der Waals surface area contributed by atoms with Gasteiger partial charge >= 0.3 is 6.18 Å². The van der Waals surface area contributed by atoms with E-state index in [-0.39, 0.29) is 6.54 Å². The van der Waals surface area contributed by atoms with Crippen LogP contribution in [0.3, 0.4) is 0 Å². The van der Waals surface area contributed by atoms with E-state index in [0.717, 1.165) is 10.5 Å². The number of benzene rings is 1. The number of nitrogens with zero attached hydrogens (tertiary/aromatic N) is 1. The molecule has 1 aromatic carbocycles. The zero-order valence-electron chi connectivity index (χ0n) is 9.84. The third-order valence-electron chi connectivity index (χ3n) is 2.76. The van der Waals surface area contributed by atoms with Crippen LogP contribution in [-0.4, -0.2) is 36.6 Å². The van der Waals surface area contributed by atoms with Crippen LogP contribution in [0.4, 0.5) is 18.9 Å². The third kappa shape index (κ3) is 2.75. The highest BCUT2D eigenvalue weighted by Gasteiger charge is 2.34. The van der Waals surface area contributed by atoms with Crippen molar-refractivity contribution in [2.45, 2.75) is 13.1 Å². The molecule has 1 heterocycles. The summed E-state index contributed by atoms with van der Waals surface area (Å²) in [5.41, 5.74) is 1.85. The Morgan fingerprint density at radius 2 is 2.11 bits per heavy atom. The van der Waals surface area contributed by atoms with E-state index in [1.807, 2.05) is 6.92 Å². The maximum atomic E-state index is 12.4. The molecule has 1 aromatic rings. The van der Waals surface area contributed by atoms with Crippen molar-refractivity contribution >= 4 is 11.6 Å². The van der Waals surface area contributed by atoms with E-state index in [9.17, 15) is 18.0 Å². The first kappa shape index (κ1) is 12.7. The summed E-state index contributed by atoms with van der Waals surface area (Å²) < 4.78 is 37.1. The molecule has 0 saturated carbocycles. The standard InChI is InChI=1S/C12H13F3N2O/c1-8-2-3-9-10(6-8)16-4-5-17(11(9)18)7-12(13,14)15/h2-3,6,16H,4-5,7H2,1H3. The van der Waals surface area contributed by atoms with Gasteiger partial charge in [0.1, 0.15) is 6.54 Å². The highest BCUT2D eigenvalue weighted by Crippen LogP contribution is 2.24. The van der Waals surface area contributed by atoms with E-state index in [4.69, 9.17) is 0 Å². The Morgan fingerprint density at radius 1 is 1.39 bits per heavy atom. The minimum absolute atomic E-state index is 0.0477. The van der Waals surface area contributed by atoms with E-state index in [2.05, 4.69) is 5.32 Å². The summed E-state index contributed by atoms with van der Waals surface area (Å²) in [5.74, 6) is -0.577. The van der Waals surface area contributed by atoms with Crippen LogP contribution < -0.4 is 5.32 Å². The number of anilines is 1. The molecule has 0 unspecified atom stereocenters. The average molecular weight is 258 g/mol. The topological polar surface area (TPSA) is 32.3 Å². The summed E-state index contributed by atoms with van der Waals surface area (Å²) in [6, 6.07) is 5.05. The normalized spacial score (nSPS) is 16.0. The number of carbonyl (C=O) groups is 1. The molecule has 1 amide bonds. The Labute approximate surface area is 103 Å². The Balaban J connectivity index is 2.29. The van der Waals surface area contributed by atoms with Gasteiger partial charge in [-0.25, -0.2) is 0 Å². The monoisotopic (exact) mass is 258 g/mol. The molecule has 1 aliphatic heterocycles. The fraction of sp³-hybridized carbons (Fsp3) is 0.417. The number of hydrogen-bond donors (Lipinski definition) is 1. The quantitative estimate of drug-likeness (QED) is 0.839. The Hall–Kier alpha value is -1.72. The average Bonchev–Trinajstić information content (AvgIpc) is 2.38. The van der Waals surface area contributed by atoms with Crippen molar-refractivity contribution in [2.24, 2.45) is 0 Å².